The number of nitrogens with two attached hydrogens (primary N) is 1. The molecule has 0 radical (unpaired) electrons. The first kappa shape index (κ1) is 20.0. The highest BCUT2D eigenvalue weighted by molar-refractivity contribution is 6.33. The van der Waals surface area contributed by atoms with Gasteiger partial charge in [-0.2, -0.15) is 0 Å². The molecule has 2 aromatic rings. The second-order valence-corrected chi connectivity index (χ2v) is 6.57. The summed E-state index contributed by atoms with van der Waals surface area (Å²) in [5, 5.41) is 0.657. The zero-order valence-corrected chi connectivity index (χ0v) is 16.3. The van der Waals surface area contributed by atoms with E-state index < -0.39 is 5.91 Å². The molecule has 28 heavy (non-hydrogen) atoms. The predicted octanol–water partition coefficient (Wildman–Crippen LogP) is 2.80. The van der Waals surface area contributed by atoms with Crippen molar-refractivity contribution in [2.75, 3.05) is 44.9 Å². The predicted molar refractivity (Wildman–Crippen MR) is 109 cm³/mol. The summed E-state index contributed by atoms with van der Waals surface area (Å²) >= 11 is 6.44. The van der Waals surface area contributed by atoms with Crippen LogP contribution in [-0.2, 0) is 9.53 Å². The van der Waals surface area contributed by atoms with Crippen LogP contribution in [0.3, 0.4) is 0 Å². The Bertz CT molecular complexity index is 867. The van der Waals surface area contributed by atoms with Gasteiger partial charge in [0.1, 0.15) is 0 Å². The summed E-state index contributed by atoms with van der Waals surface area (Å²) in [6.45, 7) is 2.85. The highest BCUT2D eigenvalue weighted by atomic mass is 35.5. The fourth-order valence-electron chi connectivity index (χ4n) is 2.82. The van der Waals surface area contributed by atoms with Crippen LogP contribution in [0, 0.1) is 0 Å². The maximum atomic E-state index is 10.9. The Morgan fingerprint density at radius 2 is 2.04 bits per heavy atom. The van der Waals surface area contributed by atoms with Crippen molar-refractivity contribution >= 4 is 35.1 Å². The molecule has 1 saturated heterocycles. The molecule has 1 aliphatic rings. The van der Waals surface area contributed by atoms with Crippen molar-refractivity contribution in [1.29, 1.82) is 0 Å². The first-order chi connectivity index (χ1) is 13.6. The van der Waals surface area contributed by atoms with E-state index in [0.29, 0.717) is 29.7 Å². The third-order valence-electron chi connectivity index (χ3n) is 4.20. The maximum absolute atomic E-state index is 10.9. The molecular formula is C20H22ClN3O4. The van der Waals surface area contributed by atoms with Crippen LogP contribution in [0.2, 0.25) is 5.02 Å². The third-order valence-corrected chi connectivity index (χ3v) is 4.51. The molecule has 148 valence electrons. The van der Waals surface area contributed by atoms with Gasteiger partial charge in [-0.1, -0.05) is 11.6 Å². The van der Waals surface area contributed by atoms with Gasteiger partial charge >= 0.3 is 0 Å². The number of anilines is 1. The van der Waals surface area contributed by atoms with Gasteiger partial charge in [0.25, 0.3) is 5.91 Å². The number of benzene rings is 2. The van der Waals surface area contributed by atoms with Crippen LogP contribution in [0.4, 0.5) is 11.4 Å². The van der Waals surface area contributed by atoms with E-state index >= 15 is 0 Å². The summed E-state index contributed by atoms with van der Waals surface area (Å²) in [5.41, 5.74) is 7.65. The Hall–Kier alpha value is -2.77. The van der Waals surface area contributed by atoms with Gasteiger partial charge in [0.15, 0.2) is 18.1 Å². The third kappa shape index (κ3) is 5.15. The molecule has 2 aromatic carbocycles. The second-order valence-electron chi connectivity index (χ2n) is 6.16. The first-order valence-electron chi connectivity index (χ1n) is 8.82. The molecule has 1 heterocycles. The zero-order valence-electron chi connectivity index (χ0n) is 15.6. The van der Waals surface area contributed by atoms with Gasteiger partial charge in [-0.15, -0.1) is 0 Å². The van der Waals surface area contributed by atoms with Crippen LogP contribution in [0.25, 0.3) is 0 Å². The van der Waals surface area contributed by atoms with Gasteiger partial charge in [-0.25, -0.2) is 0 Å². The summed E-state index contributed by atoms with van der Waals surface area (Å²) in [6.07, 6.45) is 1.71. The van der Waals surface area contributed by atoms with Crippen molar-refractivity contribution in [3.8, 4) is 11.5 Å². The average Bonchev–Trinajstić information content (AvgIpc) is 2.71. The zero-order chi connectivity index (χ0) is 19.9. The van der Waals surface area contributed by atoms with E-state index in [0.717, 1.165) is 30.0 Å². The number of ether oxygens (including phenoxy) is 3. The number of halogens is 1. The molecular weight excluding hydrogens is 382 g/mol. The van der Waals surface area contributed by atoms with Gasteiger partial charge in [-0.3, -0.25) is 9.79 Å². The van der Waals surface area contributed by atoms with Crippen molar-refractivity contribution in [2.24, 2.45) is 10.7 Å². The Morgan fingerprint density at radius 3 is 2.71 bits per heavy atom. The molecule has 0 unspecified atom stereocenters. The molecule has 0 aliphatic carbocycles. The smallest absolute Gasteiger partial charge is 0.255 e. The highest BCUT2D eigenvalue weighted by Gasteiger charge is 2.14. The number of primary amides is 1. The Kier molecular flexibility index (Phi) is 6.73. The summed E-state index contributed by atoms with van der Waals surface area (Å²) in [6, 6.07) is 11.0. The number of methoxy groups -OCH3 is 1. The molecule has 1 amide bonds. The molecule has 0 atom stereocenters. The van der Waals surface area contributed by atoms with Crippen molar-refractivity contribution in [3.05, 3.63) is 47.0 Å². The van der Waals surface area contributed by atoms with Crippen LogP contribution in [0.1, 0.15) is 5.56 Å². The summed E-state index contributed by atoms with van der Waals surface area (Å²) in [4.78, 5) is 17.5. The quantitative estimate of drug-likeness (QED) is 0.718. The van der Waals surface area contributed by atoms with E-state index in [4.69, 9.17) is 31.5 Å². The van der Waals surface area contributed by atoms with Gasteiger partial charge in [-0.05, 0) is 42.0 Å². The minimum atomic E-state index is -0.551. The number of nitrogens with zero attached hydrogens (tertiary/aromatic N) is 2. The second kappa shape index (κ2) is 9.43. The van der Waals surface area contributed by atoms with E-state index in [1.165, 1.54) is 7.11 Å². The van der Waals surface area contributed by atoms with Gasteiger partial charge in [0.2, 0.25) is 0 Å². The van der Waals surface area contributed by atoms with Crippen molar-refractivity contribution in [1.82, 2.24) is 0 Å². The van der Waals surface area contributed by atoms with Crippen molar-refractivity contribution < 1.29 is 19.0 Å². The lowest BCUT2D eigenvalue weighted by atomic mass is 10.2. The van der Waals surface area contributed by atoms with Gasteiger partial charge < -0.3 is 24.8 Å². The number of hydrogen-bond acceptors (Lipinski definition) is 6. The number of amides is 1. The Morgan fingerprint density at radius 1 is 1.25 bits per heavy atom. The standard InChI is InChI=1S/C20H22ClN3O4/c1-26-19-10-14(2-5-18(19)28-13-20(22)25)12-23-15-3-4-17(16(21)11-15)24-6-8-27-9-7-24/h2-5,10-12H,6-9,13H2,1H3,(H2,22,25). The van der Waals surface area contributed by atoms with Crippen LogP contribution >= 0.6 is 11.6 Å². The Balaban J connectivity index is 1.72. The lowest BCUT2D eigenvalue weighted by Crippen LogP contribution is -2.36. The molecule has 3 rings (SSSR count). The van der Waals surface area contributed by atoms with Gasteiger partial charge in [0, 0.05) is 19.3 Å². The molecule has 0 saturated carbocycles. The van der Waals surface area contributed by atoms with Gasteiger partial charge in [0.05, 0.1) is 36.7 Å². The van der Waals surface area contributed by atoms with E-state index in [9.17, 15) is 4.79 Å². The van der Waals surface area contributed by atoms with E-state index in [1.807, 2.05) is 24.3 Å². The molecule has 1 fully saturated rings. The van der Waals surface area contributed by atoms with Crippen LogP contribution in [-0.4, -0.2) is 52.1 Å². The van der Waals surface area contributed by atoms with Crippen LogP contribution < -0.4 is 20.1 Å². The van der Waals surface area contributed by atoms with E-state index in [2.05, 4.69) is 9.89 Å². The molecule has 0 spiro atoms. The summed E-state index contributed by atoms with van der Waals surface area (Å²) in [7, 11) is 1.53. The molecule has 7 nitrogen and oxygen atoms in total. The Labute approximate surface area is 168 Å². The highest BCUT2D eigenvalue weighted by Crippen LogP contribution is 2.31. The molecule has 1 aliphatic heterocycles. The van der Waals surface area contributed by atoms with E-state index in [1.54, 1.807) is 18.3 Å². The maximum Gasteiger partial charge on any atom is 0.255 e. The fraction of sp³-hybridized carbons (Fsp3) is 0.300. The minimum Gasteiger partial charge on any atom is -0.493 e. The molecule has 0 aromatic heterocycles. The number of morpholine rings is 1. The molecule has 8 heteroatoms. The topological polar surface area (TPSA) is 86.4 Å². The van der Waals surface area contributed by atoms with Crippen molar-refractivity contribution in [2.45, 2.75) is 0 Å². The summed E-state index contributed by atoms with van der Waals surface area (Å²) < 4.78 is 16.0. The summed E-state index contributed by atoms with van der Waals surface area (Å²) in [5.74, 6) is 0.382. The number of hydrogen-bond donors (Lipinski definition) is 1. The average molecular weight is 404 g/mol. The fourth-order valence-corrected chi connectivity index (χ4v) is 3.11. The van der Waals surface area contributed by atoms with Crippen molar-refractivity contribution in [3.63, 3.8) is 0 Å². The number of aliphatic imine (C=N–C) groups is 1. The first-order valence-corrected chi connectivity index (χ1v) is 9.20. The lowest BCUT2D eigenvalue weighted by Gasteiger charge is -2.29. The SMILES string of the molecule is COc1cc(C=Nc2ccc(N3CCOCC3)c(Cl)c2)ccc1OCC(N)=O. The van der Waals surface area contributed by atoms with Crippen LogP contribution in [0.15, 0.2) is 41.4 Å². The normalized spacial score (nSPS) is 14.3. The molecule has 0 bridgehead atoms. The minimum absolute atomic E-state index is 0.211. The molecule has 2 N–H and O–H groups in total. The lowest BCUT2D eigenvalue weighted by molar-refractivity contribution is -0.119. The van der Waals surface area contributed by atoms with Crippen LogP contribution in [0.5, 0.6) is 11.5 Å². The monoisotopic (exact) mass is 403 g/mol. The van der Waals surface area contributed by atoms with E-state index in [-0.39, 0.29) is 6.61 Å². The number of rotatable bonds is 7. The number of carbonyl (C=O) groups is 1. The largest absolute Gasteiger partial charge is 0.493 e. The number of carbonyl (C=O) groups excluding carboxylic acids is 1.